The highest BCUT2D eigenvalue weighted by Gasteiger charge is 2.53. The zero-order valence-corrected chi connectivity index (χ0v) is 79.7. The van der Waals surface area contributed by atoms with Gasteiger partial charge in [-0.25, -0.2) is 19.2 Å². The molecule has 738 valence electrons. The fraction of sp³-hybridized carbons (Fsp3) is 0.556. The van der Waals surface area contributed by atoms with E-state index in [1.165, 1.54) is 26.4 Å². The number of nitrogens with zero attached hydrogens (tertiary/aromatic N) is 5. The van der Waals surface area contributed by atoms with E-state index in [1.54, 1.807) is 124 Å². The van der Waals surface area contributed by atoms with Crippen molar-refractivity contribution in [2.45, 2.75) is 231 Å². The Hall–Kier alpha value is -12.3. The van der Waals surface area contributed by atoms with E-state index in [1.807, 2.05) is 18.2 Å². The van der Waals surface area contributed by atoms with Crippen molar-refractivity contribution in [2.24, 2.45) is 11.7 Å². The van der Waals surface area contributed by atoms with Crippen LogP contribution in [0.15, 0.2) is 103 Å². The quantitative estimate of drug-likeness (QED) is 0.00711. The number of nitrogens with one attached hydrogen (secondary N) is 6. The molecule has 0 radical (unpaired) electrons. The number of hydrogen-bond donors (Lipinski definition) is 7. The summed E-state index contributed by atoms with van der Waals surface area (Å²) in [6.07, 6.45) is 7.27. The molecule has 7 heterocycles. The normalized spacial score (nSPS) is 19.1. The van der Waals surface area contributed by atoms with Crippen molar-refractivity contribution >= 4 is 88.6 Å². The van der Waals surface area contributed by atoms with Crippen LogP contribution in [0.5, 0.6) is 23.0 Å². The molecule has 0 saturated carbocycles. The first kappa shape index (κ1) is 104. The molecule has 11 rings (SSSR count). The highest BCUT2D eigenvalue weighted by Crippen LogP contribution is 2.48. The number of carbonyl (C=O) groups excluding carboxylic acids is 12. The molecule has 8 N–H and O–H groups in total. The van der Waals surface area contributed by atoms with Crippen LogP contribution in [0.25, 0.3) is 0 Å². The molecule has 136 heavy (non-hydrogen) atoms. The minimum atomic E-state index is -1.08. The maximum atomic E-state index is 14.9. The van der Waals surface area contributed by atoms with Gasteiger partial charge in [-0.1, -0.05) is 68.5 Å². The molecule has 4 saturated heterocycles. The number of urea groups is 1. The number of methoxy groups -OCH3 is 2. The first-order chi connectivity index (χ1) is 65.1. The summed E-state index contributed by atoms with van der Waals surface area (Å²) in [5.41, 5.74) is 8.79. The van der Waals surface area contributed by atoms with Gasteiger partial charge in [0, 0.05) is 94.3 Å². The summed E-state index contributed by atoms with van der Waals surface area (Å²) in [4.78, 5) is 169. The van der Waals surface area contributed by atoms with Gasteiger partial charge in [0.25, 0.3) is 23.6 Å². The van der Waals surface area contributed by atoms with Gasteiger partial charge in [0.15, 0.2) is 23.0 Å². The number of amides is 13. The van der Waals surface area contributed by atoms with Gasteiger partial charge in [-0.3, -0.25) is 53.1 Å². The Morgan fingerprint density at radius 1 is 0.551 bits per heavy atom. The maximum absolute atomic E-state index is 14.9. The van der Waals surface area contributed by atoms with Gasteiger partial charge >= 0.3 is 24.3 Å². The van der Waals surface area contributed by atoms with E-state index in [0.717, 1.165) is 41.7 Å². The molecular formula is C99H132N12O25. The first-order valence-corrected chi connectivity index (χ1v) is 46.7. The lowest BCUT2D eigenvalue weighted by molar-refractivity contribution is -0.137. The van der Waals surface area contributed by atoms with Crippen LogP contribution in [-0.2, 0) is 91.2 Å². The van der Waals surface area contributed by atoms with Gasteiger partial charge in [-0.2, -0.15) is 0 Å². The van der Waals surface area contributed by atoms with Gasteiger partial charge in [0.1, 0.15) is 43.1 Å². The van der Waals surface area contributed by atoms with E-state index in [-0.39, 0.29) is 211 Å². The van der Waals surface area contributed by atoms with Crippen molar-refractivity contribution < 1.29 is 119 Å². The molecule has 0 bridgehead atoms. The molecule has 0 aromatic heterocycles. The number of ether oxygens (including phenoxy) is 13. The van der Waals surface area contributed by atoms with Crippen LogP contribution < -0.4 is 66.4 Å². The summed E-state index contributed by atoms with van der Waals surface area (Å²) in [5, 5.41) is 16.2. The summed E-state index contributed by atoms with van der Waals surface area (Å²) < 4.78 is 78.7. The average molecular weight is 1890 g/mol. The lowest BCUT2D eigenvalue weighted by Crippen LogP contribution is -2.58. The van der Waals surface area contributed by atoms with E-state index < -0.39 is 95.8 Å². The van der Waals surface area contributed by atoms with Crippen molar-refractivity contribution in [3.63, 3.8) is 0 Å². The predicted octanol–water partition coefficient (Wildman–Crippen LogP) is 10.1. The molecule has 37 nitrogen and oxygen atoms in total. The third-order valence-corrected chi connectivity index (χ3v) is 23.6. The molecule has 37 heteroatoms. The Labute approximate surface area is 794 Å². The van der Waals surface area contributed by atoms with E-state index in [0.29, 0.717) is 99.2 Å². The highest BCUT2D eigenvalue weighted by atomic mass is 16.6. The molecule has 3 unspecified atom stereocenters. The average Bonchev–Trinajstić information content (AvgIpc) is 1.59. The number of fused-ring (bicyclic) bond motifs is 4. The largest absolute Gasteiger partial charge is 0.493 e. The summed E-state index contributed by atoms with van der Waals surface area (Å²) in [5.74, 6) is 3.61. The summed E-state index contributed by atoms with van der Waals surface area (Å²) in [6.45, 7) is 26.4. The van der Waals surface area contributed by atoms with Crippen molar-refractivity contribution in [1.82, 2.24) is 41.3 Å². The fourth-order valence-electron chi connectivity index (χ4n) is 17.2. The molecule has 0 spiro atoms. The van der Waals surface area contributed by atoms with Crippen LogP contribution in [0.2, 0.25) is 0 Å². The molecule has 0 aliphatic carbocycles. The van der Waals surface area contributed by atoms with E-state index in [4.69, 9.17) is 67.3 Å². The summed E-state index contributed by atoms with van der Waals surface area (Å²) in [7, 11) is 2.94. The van der Waals surface area contributed by atoms with Crippen molar-refractivity contribution in [2.75, 3.05) is 135 Å². The standard InChI is InChI=1S/C99H132N12O25/c1-62(2)87(106-84(113)26-14-13-17-37-107-85(114)31-32-86(107)115)91(117)105-72(23-21-35-102-94(100)120)90(116)104-69-29-27-65(28-30-69)59-134-95(121)103-36-41-127-43-45-129-47-46-128-44-42-126-40-33-83(112)101-34-20-22-66-50-67(60-132-81-55-73-70(53-79(81)124-11)92(118)108-57-63(3)48-75(108)88(77-24-15-18-38-130-77)110(73)96(122)135-98(5,6)7)52-68(51-66)61-133-82-56-74-71(54-80(82)125-12)93(119)109-58-64(4)49-76(109)89(78-25-16-19-39-131-78)111(74)97(123)136-99(8,9)10/h27-32,50-56,62,72,75-78,87-89H,3-4,13-19,21,23-26,33-49,57-61H2,1-2,5-12H3,(H,101,112)(H,103,121)(H,104,116)(H,105,117)(H,106,113)(H3,100,102,120)/t72-,75-,76-,77?,78?,87?,88+,89+/m0/s1. The third-order valence-electron chi connectivity index (χ3n) is 23.6. The second kappa shape index (κ2) is 49.9. The summed E-state index contributed by atoms with van der Waals surface area (Å²) >= 11 is 0. The first-order valence-electron chi connectivity index (χ1n) is 46.7. The smallest absolute Gasteiger partial charge is 0.415 e. The van der Waals surface area contributed by atoms with Gasteiger partial charge in [-0.05, 0) is 184 Å². The van der Waals surface area contributed by atoms with Crippen LogP contribution in [0.1, 0.15) is 195 Å². The number of primary amides is 1. The SMILES string of the molecule is C=C1C[C@H]2[C@H](C3CCCCO3)N(C(=O)OC(C)(C)C)c3cc(OCc4cc(C#CCNC(=O)CCOCCOCCOCCOCCNC(=O)OCc5ccc(NC(=O)[C@H](CCCNC(N)=O)NC(=O)C(NC(=O)CCCCCN6C(=O)C=CC6=O)C(C)C)cc5)cc(COc5cc6c(cc5OC)C(=O)N5CC(=C)C[C@H]5[C@H](C5CCCCO5)N6C(=O)OC(C)(C)C)c4)c(OC)cc3C(=O)N2C1. The number of hydrogen-bond acceptors (Lipinski definition) is 25. The third kappa shape index (κ3) is 29.8. The molecule has 4 aromatic rings. The van der Waals surface area contributed by atoms with Crippen LogP contribution in [0, 0.1) is 17.8 Å². The minimum absolute atomic E-state index is 0.0261. The Morgan fingerprint density at radius 3 is 1.57 bits per heavy atom. The zero-order valence-electron chi connectivity index (χ0n) is 79.7. The lowest BCUT2D eigenvalue weighted by atomic mass is 9.92. The second-order valence-corrected chi connectivity index (χ2v) is 36.8. The molecule has 13 amide bonds. The van der Waals surface area contributed by atoms with Crippen molar-refractivity contribution in [3.8, 4) is 34.8 Å². The molecule has 7 aliphatic rings. The number of rotatable bonds is 44. The van der Waals surface area contributed by atoms with E-state index in [2.05, 4.69) is 56.9 Å². The highest BCUT2D eigenvalue weighted by molar-refractivity contribution is 6.13. The van der Waals surface area contributed by atoms with Crippen LogP contribution in [0.3, 0.4) is 0 Å². The van der Waals surface area contributed by atoms with Gasteiger partial charge in [0.05, 0.1) is 132 Å². The number of anilines is 3. The van der Waals surface area contributed by atoms with Gasteiger partial charge in [0.2, 0.25) is 23.6 Å². The van der Waals surface area contributed by atoms with Crippen LogP contribution >= 0.6 is 0 Å². The molecule has 8 atom stereocenters. The van der Waals surface area contributed by atoms with Gasteiger partial charge < -0.3 is 109 Å². The van der Waals surface area contributed by atoms with Crippen LogP contribution in [0.4, 0.5) is 36.2 Å². The fourth-order valence-corrected chi connectivity index (χ4v) is 17.2. The minimum Gasteiger partial charge on any atom is -0.493 e. The topological polar surface area (TPSA) is 439 Å². The van der Waals surface area contributed by atoms with Gasteiger partial charge in [-0.15, -0.1) is 0 Å². The number of benzene rings is 4. The predicted molar refractivity (Wildman–Crippen MR) is 501 cm³/mol. The zero-order chi connectivity index (χ0) is 97.8. The molecule has 4 fully saturated rings. The lowest BCUT2D eigenvalue weighted by Gasteiger charge is -2.42. The summed E-state index contributed by atoms with van der Waals surface area (Å²) in [6, 6.07) is 13.5. The number of carbonyl (C=O) groups is 12. The molecule has 4 aromatic carbocycles. The Morgan fingerprint density at radius 2 is 1.07 bits per heavy atom. The van der Waals surface area contributed by atoms with Crippen molar-refractivity contribution in [3.05, 3.63) is 137 Å². The monoisotopic (exact) mass is 1890 g/mol. The number of imide groups is 1. The number of alkyl carbamates (subject to hydrolysis) is 1. The maximum Gasteiger partial charge on any atom is 0.415 e. The number of unbranched alkanes of at least 4 members (excludes halogenated alkanes) is 2. The van der Waals surface area contributed by atoms with E-state index >= 15 is 0 Å². The van der Waals surface area contributed by atoms with E-state index in [9.17, 15) is 57.5 Å². The second-order valence-electron chi connectivity index (χ2n) is 36.8. The molecule has 7 aliphatic heterocycles. The molecular weight excluding hydrogens is 1760 g/mol. The van der Waals surface area contributed by atoms with Crippen LogP contribution in [-0.4, -0.2) is 265 Å². The van der Waals surface area contributed by atoms with Crippen molar-refractivity contribution in [1.29, 1.82) is 0 Å². The number of nitrogens with two attached hydrogens (primary N) is 1. The Bertz CT molecular complexity index is 4830. The Balaban J connectivity index is 0.639. The Kier molecular flexibility index (Phi) is 38.2.